The third-order valence-electron chi connectivity index (χ3n) is 4.77. The average Bonchev–Trinajstić information content (AvgIpc) is 2.76. The number of rotatable bonds is 8. The van der Waals surface area contributed by atoms with Crippen LogP contribution in [0, 0.1) is 0 Å². The normalized spacial score (nSPS) is 12.0. The molecule has 162 valence electrons. The molecule has 0 saturated carbocycles. The number of hydrogen-bond donors (Lipinski definition) is 1. The SMILES string of the molecule is COC(=O)N(Cc1cccc([C@H](CC(=O)O)OC(C)C)c1)c1ccnc2ccccc12. The van der Waals surface area contributed by atoms with E-state index in [1.165, 1.54) is 7.11 Å². The fraction of sp³-hybridized carbons (Fsp3) is 0.292. The van der Waals surface area contributed by atoms with Gasteiger partial charge in [-0.3, -0.25) is 14.7 Å². The van der Waals surface area contributed by atoms with Crippen LogP contribution in [0.2, 0.25) is 0 Å². The summed E-state index contributed by atoms with van der Waals surface area (Å²) < 4.78 is 10.9. The molecule has 0 fully saturated rings. The van der Waals surface area contributed by atoms with Gasteiger partial charge in [0, 0.05) is 11.6 Å². The van der Waals surface area contributed by atoms with E-state index in [4.69, 9.17) is 9.47 Å². The van der Waals surface area contributed by atoms with Crippen LogP contribution in [0.15, 0.2) is 60.8 Å². The van der Waals surface area contributed by atoms with E-state index in [1.54, 1.807) is 17.2 Å². The Kier molecular flexibility index (Phi) is 7.20. The number of carboxylic acids is 1. The van der Waals surface area contributed by atoms with Gasteiger partial charge in [0.05, 0.1) is 43.5 Å². The maximum absolute atomic E-state index is 12.7. The number of aromatic nitrogens is 1. The van der Waals surface area contributed by atoms with Crippen LogP contribution in [0.25, 0.3) is 10.9 Å². The van der Waals surface area contributed by atoms with Gasteiger partial charge in [0.15, 0.2) is 0 Å². The first-order chi connectivity index (χ1) is 14.9. The number of aliphatic carboxylic acids is 1. The van der Waals surface area contributed by atoms with E-state index in [-0.39, 0.29) is 19.1 Å². The zero-order valence-electron chi connectivity index (χ0n) is 17.8. The van der Waals surface area contributed by atoms with Gasteiger partial charge in [0.1, 0.15) is 0 Å². The molecule has 0 saturated heterocycles. The van der Waals surface area contributed by atoms with Gasteiger partial charge in [-0.2, -0.15) is 0 Å². The molecular weight excluding hydrogens is 396 g/mol. The molecule has 31 heavy (non-hydrogen) atoms. The predicted octanol–water partition coefficient (Wildman–Crippen LogP) is 4.95. The van der Waals surface area contributed by atoms with Crippen molar-refractivity contribution in [2.45, 2.75) is 39.0 Å². The van der Waals surface area contributed by atoms with Crippen LogP contribution in [-0.4, -0.2) is 35.4 Å². The van der Waals surface area contributed by atoms with Gasteiger partial charge in [-0.15, -0.1) is 0 Å². The summed E-state index contributed by atoms with van der Waals surface area (Å²) in [6, 6.07) is 16.8. The standard InChI is InChI=1S/C24H26N2O5/c1-16(2)31-22(14-23(27)28)18-8-6-7-17(13-18)15-26(24(29)30-3)21-11-12-25-20-10-5-4-9-19(20)21/h4-13,16,22H,14-15H2,1-3H3,(H,27,28)/t22-/m0/s1. The fourth-order valence-corrected chi connectivity index (χ4v) is 3.48. The van der Waals surface area contributed by atoms with E-state index in [2.05, 4.69) is 4.98 Å². The highest BCUT2D eigenvalue weighted by atomic mass is 16.5. The number of carboxylic acid groups (broad SMARTS) is 1. The Morgan fingerprint density at radius 2 is 1.87 bits per heavy atom. The topological polar surface area (TPSA) is 89.0 Å². The van der Waals surface area contributed by atoms with Crippen molar-refractivity contribution in [1.82, 2.24) is 4.98 Å². The summed E-state index contributed by atoms with van der Waals surface area (Å²) in [5.74, 6) is -0.935. The first-order valence-electron chi connectivity index (χ1n) is 10.0. The van der Waals surface area contributed by atoms with Crippen LogP contribution in [0.1, 0.15) is 37.5 Å². The number of para-hydroxylation sites is 1. The van der Waals surface area contributed by atoms with Crippen molar-refractivity contribution < 1.29 is 24.2 Å². The van der Waals surface area contributed by atoms with Gasteiger partial charge in [0.2, 0.25) is 0 Å². The molecule has 0 spiro atoms. The lowest BCUT2D eigenvalue weighted by Gasteiger charge is -2.24. The maximum Gasteiger partial charge on any atom is 0.414 e. The number of carbonyl (C=O) groups excluding carboxylic acids is 1. The molecule has 1 N–H and O–H groups in total. The van der Waals surface area contributed by atoms with Gasteiger partial charge < -0.3 is 14.6 Å². The molecule has 3 rings (SSSR count). The summed E-state index contributed by atoms with van der Waals surface area (Å²) in [6.45, 7) is 3.98. The van der Waals surface area contributed by atoms with Crippen molar-refractivity contribution in [3.05, 3.63) is 71.9 Å². The van der Waals surface area contributed by atoms with E-state index in [0.717, 1.165) is 22.0 Å². The summed E-state index contributed by atoms with van der Waals surface area (Å²) in [6.07, 6.45) is 0.316. The Morgan fingerprint density at radius 1 is 1.10 bits per heavy atom. The monoisotopic (exact) mass is 422 g/mol. The Bertz CT molecular complexity index is 1060. The zero-order chi connectivity index (χ0) is 22.4. The molecule has 1 atom stereocenters. The van der Waals surface area contributed by atoms with Gasteiger partial charge in [-0.1, -0.05) is 42.5 Å². The van der Waals surface area contributed by atoms with E-state index >= 15 is 0 Å². The summed E-state index contributed by atoms with van der Waals surface area (Å²) >= 11 is 0. The van der Waals surface area contributed by atoms with E-state index < -0.39 is 18.2 Å². The number of carbonyl (C=O) groups is 2. The van der Waals surface area contributed by atoms with E-state index in [9.17, 15) is 14.7 Å². The zero-order valence-corrected chi connectivity index (χ0v) is 17.8. The number of amides is 1. The Morgan fingerprint density at radius 3 is 2.58 bits per heavy atom. The number of benzene rings is 2. The molecule has 0 aliphatic carbocycles. The highest BCUT2D eigenvalue weighted by Gasteiger charge is 2.22. The summed E-state index contributed by atoms with van der Waals surface area (Å²) in [5, 5.41) is 10.1. The molecule has 0 bridgehead atoms. The second-order valence-corrected chi connectivity index (χ2v) is 7.42. The van der Waals surface area contributed by atoms with Crippen LogP contribution in [0.3, 0.4) is 0 Å². The Labute approximate surface area is 181 Å². The van der Waals surface area contributed by atoms with Gasteiger partial charge >= 0.3 is 12.1 Å². The lowest BCUT2D eigenvalue weighted by molar-refractivity contribution is -0.141. The van der Waals surface area contributed by atoms with Crippen molar-refractivity contribution in [1.29, 1.82) is 0 Å². The average molecular weight is 422 g/mol. The predicted molar refractivity (Wildman–Crippen MR) is 118 cm³/mol. The van der Waals surface area contributed by atoms with Crippen molar-refractivity contribution in [3.63, 3.8) is 0 Å². The molecule has 7 heteroatoms. The second kappa shape index (κ2) is 10.0. The number of methoxy groups -OCH3 is 1. The summed E-state index contributed by atoms with van der Waals surface area (Å²) in [4.78, 5) is 29.9. The fourth-order valence-electron chi connectivity index (χ4n) is 3.48. The van der Waals surface area contributed by atoms with Crippen LogP contribution >= 0.6 is 0 Å². The van der Waals surface area contributed by atoms with Crippen LogP contribution in [-0.2, 0) is 20.8 Å². The number of fused-ring (bicyclic) bond motifs is 1. The molecule has 1 amide bonds. The number of anilines is 1. The van der Waals surface area contributed by atoms with E-state index in [1.807, 2.05) is 62.4 Å². The molecule has 1 aromatic heterocycles. The molecule has 1 heterocycles. The van der Waals surface area contributed by atoms with Gasteiger partial charge in [0.25, 0.3) is 0 Å². The lowest BCUT2D eigenvalue weighted by atomic mass is 10.0. The highest BCUT2D eigenvalue weighted by molar-refractivity contribution is 5.99. The van der Waals surface area contributed by atoms with Gasteiger partial charge in [-0.25, -0.2) is 4.79 Å². The number of pyridine rings is 1. The third kappa shape index (κ3) is 5.58. The molecule has 0 aliphatic heterocycles. The Hall–Kier alpha value is -3.45. The van der Waals surface area contributed by atoms with Crippen LogP contribution < -0.4 is 4.90 Å². The van der Waals surface area contributed by atoms with Crippen LogP contribution in [0.4, 0.5) is 10.5 Å². The quantitative estimate of drug-likeness (QED) is 0.553. The minimum atomic E-state index is -0.935. The first-order valence-corrected chi connectivity index (χ1v) is 10.0. The number of hydrogen-bond acceptors (Lipinski definition) is 5. The lowest BCUT2D eigenvalue weighted by Crippen LogP contribution is -2.30. The summed E-state index contributed by atoms with van der Waals surface area (Å²) in [7, 11) is 1.34. The molecule has 7 nitrogen and oxygen atoms in total. The largest absolute Gasteiger partial charge is 0.481 e. The molecule has 2 aromatic carbocycles. The Balaban J connectivity index is 1.96. The molecule has 0 radical (unpaired) electrons. The van der Waals surface area contributed by atoms with Crippen molar-refractivity contribution in [2.24, 2.45) is 0 Å². The highest BCUT2D eigenvalue weighted by Crippen LogP contribution is 2.29. The minimum Gasteiger partial charge on any atom is -0.481 e. The van der Waals surface area contributed by atoms with Crippen molar-refractivity contribution in [2.75, 3.05) is 12.0 Å². The second-order valence-electron chi connectivity index (χ2n) is 7.42. The van der Waals surface area contributed by atoms with Crippen molar-refractivity contribution >= 4 is 28.7 Å². The third-order valence-corrected chi connectivity index (χ3v) is 4.77. The van der Waals surface area contributed by atoms with E-state index in [0.29, 0.717) is 5.69 Å². The molecular formula is C24H26N2O5. The summed E-state index contributed by atoms with van der Waals surface area (Å²) in [5.41, 5.74) is 3.03. The van der Waals surface area contributed by atoms with Crippen LogP contribution in [0.5, 0.6) is 0 Å². The molecule has 0 unspecified atom stereocenters. The van der Waals surface area contributed by atoms with Gasteiger partial charge in [-0.05, 0) is 37.1 Å². The van der Waals surface area contributed by atoms with Crippen molar-refractivity contribution in [3.8, 4) is 0 Å². The number of ether oxygens (including phenoxy) is 2. The minimum absolute atomic E-state index is 0.122. The molecule has 3 aromatic rings. The number of nitrogens with zero attached hydrogens (tertiary/aromatic N) is 2. The maximum atomic E-state index is 12.7. The first kappa shape index (κ1) is 22.2. The molecule has 0 aliphatic rings. The smallest absolute Gasteiger partial charge is 0.414 e.